The lowest BCUT2D eigenvalue weighted by molar-refractivity contribution is -0.116. The van der Waals surface area contributed by atoms with Gasteiger partial charge in [-0.05, 0) is 48.4 Å². The van der Waals surface area contributed by atoms with Crippen molar-refractivity contribution in [2.45, 2.75) is 19.8 Å². The molecule has 0 aromatic heterocycles. The number of nitrogens with one attached hydrogen (secondary N) is 2. The zero-order valence-corrected chi connectivity index (χ0v) is 15.2. The van der Waals surface area contributed by atoms with Gasteiger partial charge in [-0.1, -0.05) is 42.3 Å². The van der Waals surface area contributed by atoms with E-state index in [0.717, 1.165) is 12.0 Å². The highest BCUT2D eigenvalue weighted by atomic mass is 35.5. The van der Waals surface area contributed by atoms with Gasteiger partial charge in [0, 0.05) is 23.2 Å². The molecule has 0 bridgehead atoms. The molecule has 0 aliphatic heterocycles. The minimum atomic E-state index is -0.325. The number of rotatable bonds is 6. The van der Waals surface area contributed by atoms with E-state index >= 15 is 0 Å². The summed E-state index contributed by atoms with van der Waals surface area (Å²) < 4.78 is 0. The third-order valence-electron chi connectivity index (χ3n) is 3.28. The Kier molecular flexibility index (Phi) is 7.04. The van der Waals surface area contributed by atoms with Crippen molar-refractivity contribution in [2.24, 2.45) is 0 Å². The first-order chi connectivity index (χ1) is 12.0. The van der Waals surface area contributed by atoms with E-state index in [4.69, 9.17) is 23.2 Å². The van der Waals surface area contributed by atoms with Crippen molar-refractivity contribution in [1.29, 1.82) is 0 Å². The molecule has 0 aliphatic carbocycles. The Balaban J connectivity index is 2.04. The minimum Gasteiger partial charge on any atom is -0.326 e. The first-order valence-corrected chi connectivity index (χ1v) is 8.57. The van der Waals surface area contributed by atoms with E-state index in [1.165, 1.54) is 6.08 Å². The number of hydrogen-bond acceptors (Lipinski definition) is 2. The van der Waals surface area contributed by atoms with Crippen LogP contribution in [-0.4, -0.2) is 11.8 Å². The van der Waals surface area contributed by atoms with E-state index in [0.29, 0.717) is 27.8 Å². The second-order valence-electron chi connectivity index (χ2n) is 5.37. The van der Waals surface area contributed by atoms with Crippen molar-refractivity contribution in [3.63, 3.8) is 0 Å². The van der Waals surface area contributed by atoms with Gasteiger partial charge in [0.15, 0.2) is 0 Å². The molecule has 0 aliphatic rings. The quantitative estimate of drug-likeness (QED) is 0.664. The number of hydrogen-bond donors (Lipinski definition) is 2. The van der Waals surface area contributed by atoms with Crippen LogP contribution >= 0.6 is 23.2 Å². The normalized spacial score (nSPS) is 10.7. The third kappa shape index (κ3) is 6.25. The first-order valence-electron chi connectivity index (χ1n) is 7.82. The number of amides is 2. The van der Waals surface area contributed by atoms with Gasteiger partial charge in [0.2, 0.25) is 11.8 Å². The maximum Gasteiger partial charge on any atom is 0.248 e. The van der Waals surface area contributed by atoms with Crippen LogP contribution in [0.3, 0.4) is 0 Å². The highest BCUT2D eigenvalue weighted by molar-refractivity contribution is 6.34. The van der Waals surface area contributed by atoms with Crippen molar-refractivity contribution >= 4 is 52.5 Å². The van der Waals surface area contributed by atoms with Crippen LogP contribution in [0.25, 0.3) is 6.08 Å². The summed E-state index contributed by atoms with van der Waals surface area (Å²) in [6, 6.07) is 12.1. The van der Waals surface area contributed by atoms with Crippen LogP contribution in [0.15, 0.2) is 48.5 Å². The summed E-state index contributed by atoms with van der Waals surface area (Å²) in [4.78, 5) is 23.7. The Morgan fingerprint density at radius 1 is 1.04 bits per heavy atom. The van der Waals surface area contributed by atoms with Gasteiger partial charge in [-0.3, -0.25) is 9.59 Å². The standard InChI is InChI=1S/C19H18Cl2N2O2/c1-2-3-18(24)22-15-9-10-16(21)17(12-15)23-19(25)11-6-13-4-7-14(20)8-5-13/h4-12H,2-3H2,1H3,(H,22,24)(H,23,25). The summed E-state index contributed by atoms with van der Waals surface area (Å²) in [5.74, 6) is -0.404. The molecule has 6 heteroatoms. The number of carbonyl (C=O) groups is 2. The van der Waals surface area contributed by atoms with Gasteiger partial charge in [0.05, 0.1) is 10.7 Å². The first kappa shape index (κ1) is 19.0. The van der Waals surface area contributed by atoms with Gasteiger partial charge in [-0.15, -0.1) is 0 Å². The summed E-state index contributed by atoms with van der Waals surface area (Å²) in [5, 5.41) is 6.49. The molecular weight excluding hydrogens is 359 g/mol. The molecule has 2 rings (SSSR count). The van der Waals surface area contributed by atoms with Crippen molar-refractivity contribution in [1.82, 2.24) is 0 Å². The van der Waals surface area contributed by atoms with Crippen LogP contribution in [0.5, 0.6) is 0 Å². The second kappa shape index (κ2) is 9.25. The fraction of sp³-hybridized carbons (Fsp3) is 0.158. The van der Waals surface area contributed by atoms with E-state index in [9.17, 15) is 9.59 Å². The summed E-state index contributed by atoms with van der Waals surface area (Å²) >= 11 is 11.9. The number of benzene rings is 2. The molecule has 2 aromatic carbocycles. The molecule has 0 radical (unpaired) electrons. The predicted molar refractivity (Wildman–Crippen MR) is 104 cm³/mol. The van der Waals surface area contributed by atoms with E-state index in [1.54, 1.807) is 36.4 Å². The van der Waals surface area contributed by atoms with Crippen molar-refractivity contribution < 1.29 is 9.59 Å². The Labute approximate surface area is 156 Å². The molecule has 130 valence electrons. The average molecular weight is 377 g/mol. The van der Waals surface area contributed by atoms with Gasteiger partial charge >= 0.3 is 0 Å². The van der Waals surface area contributed by atoms with E-state index in [1.807, 2.05) is 19.1 Å². The maximum absolute atomic E-state index is 12.1. The molecule has 0 saturated heterocycles. The highest BCUT2D eigenvalue weighted by Crippen LogP contribution is 2.25. The summed E-state index contributed by atoms with van der Waals surface area (Å²) in [6.07, 6.45) is 4.28. The van der Waals surface area contributed by atoms with Crippen molar-refractivity contribution in [3.05, 3.63) is 64.1 Å². The monoisotopic (exact) mass is 376 g/mol. The number of halogens is 2. The molecule has 0 spiro atoms. The van der Waals surface area contributed by atoms with Gasteiger partial charge in [-0.25, -0.2) is 0 Å². The molecule has 25 heavy (non-hydrogen) atoms. The molecule has 4 nitrogen and oxygen atoms in total. The van der Waals surface area contributed by atoms with Crippen molar-refractivity contribution in [2.75, 3.05) is 10.6 Å². The van der Waals surface area contributed by atoms with Crippen LogP contribution in [0, 0.1) is 0 Å². The van der Waals surface area contributed by atoms with Crippen LogP contribution in [-0.2, 0) is 9.59 Å². The molecule has 0 saturated carbocycles. The van der Waals surface area contributed by atoms with Crippen LogP contribution < -0.4 is 10.6 Å². The lowest BCUT2D eigenvalue weighted by Crippen LogP contribution is -2.12. The Bertz CT molecular complexity index is 787. The summed E-state index contributed by atoms with van der Waals surface area (Å²) in [7, 11) is 0. The highest BCUT2D eigenvalue weighted by Gasteiger charge is 2.07. The van der Waals surface area contributed by atoms with E-state index in [-0.39, 0.29) is 11.8 Å². The topological polar surface area (TPSA) is 58.2 Å². The van der Waals surface area contributed by atoms with Gasteiger partial charge in [-0.2, -0.15) is 0 Å². The predicted octanol–water partition coefficient (Wildman–Crippen LogP) is 5.38. The largest absolute Gasteiger partial charge is 0.326 e. The molecule has 2 aromatic rings. The van der Waals surface area contributed by atoms with Crippen molar-refractivity contribution in [3.8, 4) is 0 Å². The molecular formula is C19H18Cl2N2O2. The number of carbonyl (C=O) groups excluding carboxylic acids is 2. The molecule has 0 fully saturated rings. The van der Waals surface area contributed by atoms with E-state index in [2.05, 4.69) is 10.6 Å². The molecule has 0 unspecified atom stereocenters. The summed E-state index contributed by atoms with van der Waals surface area (Å²) in [5.41, 5.74) is 1.87. The fourth-order valence-electron chi connectivity index (χ4n) is 2.07. The fourth-order valence-corrected chi connectivity index (χ4v) is 2.36. The van der Waals surface area contributed by atoms with Crippen LogP contribution in [0.2, 0.25) is 10.0 Å². The molecule has 0 atom stereocenters. The minimum absolute atomic E-state index is 0.0790. The van der Waals surface area contributed by atoms with Gasteiger partial charge < -0.3 is 10.6 Å². The Hall–Kier alpha value is -2.30. The molecule has 0 heterocycles. The third-order valence-corrected chi connectivity index (χ3v) is 3.86. The Morgan fingerprint density at radius 3 is 2.44 bits per heavy atom. The zero-order chi connectivity index (χ0) is 18.2. The van der Waals surface area contributed by atoms with Crippen LogP contribution in [0.1, 0.15) is 25.3 Å². The average Bonchev–Trinajstić information content (AvgIpc) is 2.57. The SMILES string of the molecule is CCCC(=O)Nc1ccc(Cl)c(NC(=O)C=Cc2ccc(Cl)cc2)c1. The molecule has 2 amide bonds. The van der Waals surface area contributed by atoms with Gasteiger partial charge in [0.1, 0.15) is 0 Å². The van der Waals surface area contributed by atoms with Gasteiger partial charge in [0.25, 0.3) is 0 Å². The maximum atomic E-state index is 12.1. The second-order valence-corrected chi connectivity index (χ2v) is 6.21. The lowest BCUT2D eigenvalue weighted by atomic mass is 10.2. The smallest absolute Gasteiger partial charge is 0.248 e. The van der Waals surface area contributed by atoms with Crippen LogP contribution in [0.4, 0.5) is 11.4 Å². The zero-order valence-electron chi connectivity index (χ0n) is 13.7. The van der Waals surface area contributed by atoms with E-state index < -0.39 is 0 Å². The lowest BCUT2D eigenvalue weighted by Gasteiger charge is -2.09. The number of anilines is 2. The Morgan fingerprint density at radius 2 is 1.76 bits per heavy atom. The summed E-state index contributed by atoms with van der Waals surface area (Å²) in [6.45, 7) is 1.93. The molecule has 2 N–H and O–H groups in total.